The Bertz CT molecular complexity index is 994. The lowest BCUT2D eigenvalue weighted by molar-refractivity contribution is -0.107. The second kappa shape index (κ2) is 7.05. The predicted octanol–water partition coefficient (Wildman–Crippen LogP) is 3.89. The van der Waals surface area contributed by atoms with Gasteiger partial charge >= 0.3 is 0 Å². The highest BCUT2D eigenvalue weighted by atomic mass is 35.5. The molecule has 0 radical (unpaired) electrons. The zero-order valence-electron chi connectivity index (χ0n) is 14.8. The summed E-state index contributed by atoms with van der Waals surface area (Å²) in [5, 5.41) is 7.65. The van der Waals surface area contributed by atoms with Gasteiger partial charge in [-0.2, -0.15) is 0 Å². The van der Waals surface area contributed by atoms with Crippen LogP contribution in [0.4, 0.5) is 15.8 Å². The molecule has 2 unspecified atom stereocenters. The van der Waals surface area contributed by atoms with Crippen molar-refractivity contribution in [3.05, 3.63) is 65.1 Å². The number of pyridine rings is 1. The Morgan fingerprint density at radius 1 is 1.33 bits per heavy atom. The quantitative estimate of drug-likeness (QED) is 0.637. The van der Waals surface area contributed by atoms with Crippen LogP contribution in [0.3, 0.4) is 0 Å². The maximum atomic E-state index is 14.1. The van der Waals surface area contributed by atoms with Gasteiger partial charge in [0.2, 0.25) is 0 Å². The smallest absolute Gasteiger partial charge is 0.126 e. The molecule has 2 heterocycles. The number of ether oxygens (including phenoxy) is 1. The van der Waals surface area contributed by atoms with E-state index in [9.17, 15) is 4.39 Å². The van der Waals surface area contributed by atoms with Crippen LogP contribution in [0.15, 0.2) is 48.7 Å². The highest BCUT2D eigenvalue weighted by Gasteiger charge is 2.33. The number of rotatable bonds is 3. The Balaban J connectivity index is 1.69. The third kappa shape index (κ3) is 3.75. The van der Waals surface area contributed by atoms with E-state index in [2.05, 4.69) is 15.6 Å². The molecule has 0 bridgehead atoms. The molecule has 0 saturated carbocycles. The Hall–Kier alpha value is -2.25. The second-order valence-corrected chi connectivity index (χ2v) is 7.34. The Labute approximate surface area is 161 Å². The number of nitrogens with two attached hydrogens (primary N) is 1. The van der Waals surface area contributed by atoms with Crippen molar-refractivity contribution in [3.63, 3.8) is 0 Å². The number of aromatic nitrogens is 1. The third-order valence-corrected chi connectivity index (χ3v) is 4.89. The fourth-order valence-corrected chi connectivity index (χ4v) is 3.57. The van der Waals surface area contributed by atoms with Crippen molar-refractivity contribution in [1.29, 1.82) is 0 Å². The number of benzene rings is 2. The number of nitrogens with one attached hydrogen (secondary N) is 2. The molecule has 0 aliphatic carbocycles. The molecule has 1 saturated heterocycles. The Morgan fingerprint density at radius 2 is 2.19 bits per heavy atom. The standard InChI is InChI=1S/C20H20ClFN4O/c1-20(11-24-10-18(23)27-20)13-3-2-4-16(7-13)26-17-8-15(22)6-12-5-14(21)9-25-19(12)17/h2-9,18,24,26H,10-11,23H2,1H3. The van der Waals surface area contributed by atoms with E-state index in [0.717, 1.165) is 11.3 Å². The van der Waals surface area contributed by atoms with Gasteiger partial charge in [-0.15, -0.1) is 0 Å². The average molecular weight is 387 g/mol. The first-order chi connectivity index (χ1) is 12.9. The maximum Gasteiger partial charge on any atom is 0.126 e. The van der Waals surface area contributed by atoms with Crippen molar-refractivity contribution >= 4 is 33.9 Å². The molecule has 5 nitrogen and oxygen atoms in total. The summed E-state index contributed by atoms with van der Waals surface area (Å²) in [4.78, 5) is 4.34. The summed E-state index contributed by atoms with van der Waals surface area (Å²) in [5.74, 6) is -0.358. The molecule has 1 aliphatic heterocycles. The first kappa shape index (κ1) is 18.1. The molecule has 0 amide bonds. The molecule has 1 aliphatic rings. The molecule has 2 aromatic carbocycles. The number of nitrogens with zero attached hydrogens (tertiary/aromatic N) is 1. The molecule has 3 aromatic rings. The number of halogens is 2. The van der Waals surface area contributed by atoms with E-state index in [1.165, 1.54) is 12.1 Å². The second-order valence-electron chi connectivity index (χ2n) is 6.90. The van der Waals surface area contributed by atoms with Crippen LogP contribution < -0.4 is 16.4 Å². The summed E-state index contributed by atoms with van der Waals surface area (Å²) in [5.41, 5.74) is 8.41. The lowest BCUT2D eigenvalue weighted by Crippen LogP contribution is -2.53. The molecular weight excluding hydrogens is 367 g/mol. The van der Waals surface area contributed by atoms with E-state index in [0.29, 0.717) is 34.7 Å². The number of morpholine rings is 1. The summed E-state index contributed by atoms with van der Waals surface area (Å²) in [7, 11) is 0. The topological polar surface area (TPSA) is 72.2 Å². The molecule has 4 rings (SSSR count). The molecule has 7 heteroatoms. The summed E-state index contributed by atoms with van der Waals surface area (Å²) in [6.45, 7) is 3.28. The third-order valence-electron chi connectivity index (χ3n) is 4.69. The van der Waals surface area contributed by atoms with Crippen LogP contribution in [0.2, 0.25) is 5.02 Å². The highest BCUT2D eigenvalue weighted by Crippen LogP contribution is 2.32. The number of fused-ring (bicyclic) bond motifs is 1. The van der Waals surface area contributed by atoms with E-state index in [-0.39, 0.29) is 12.0 Å². The van der Waals surface area contributed by atoms with Crippen LogP contribution in [0.25, 0.3) is 10.9 Å². The molecular formula is C20H20ClFN4O. The van der Waals surface area contributed by atoms with E-state index < -0.39 is 5.60 Å². The van der Waals surface area contributed by atoms with Crippen LogP contribution in [0.1, 0.15) is 12.5 Å². The van der Waals surface area contributed by atoms with Crippen LogP contribution in [-0.2, 0) is 10.3 Å². The van der Waals surface area contributed by atoms with Crippen LogP contribution >= 0.6 is 11.6 Å². The van der Waals surface area contributed by atoms with E-state index in [1.54, 1.807) is 12.3 Å². The van der Waals surface area contributed by atoms with Gasteiger partial charge in [-0.05, 0) is 42.8 Å². The minimum atomic E-state index is -0.537. The molecule has 27 heavy (non-hydrogen) atoms. The fourth-order valence-electron chi connectivity index (χ4n) is 3.40. The molecule has 1 fully saturated rings. The lowest BCUT2D eigenvalue weighted by Gasteiger charge is -2.38. The first-order valence-electron chi connectivity index (χ1n) is 8.69. The number of hydrogen-bond donors (Lipinski definition) is 3. The zero-order chi connectivity index (χ0) is 19.0. The molecule has 4 N–H and O–H groups in total. The van der Waals surface area contributed by atoms with Crippen molar-refractivity contribution in [2.45, 2.75) is 18.8 Å². The van der Waals surface area contributed by atoms with Crippen molar-refractivity contribution in [1.82, 2.24) is 10.3 Å². The summed E-state index contributed by atoms with van der Waals surface area (Å²) < 4.78 is 20.0. The van der Waals surface area contributed by atoms with E-state index in [1.807, 2.05) is 31.2 Å². The van der Waals surface area contributed by atoms with Gasteiger partial charge in [0.05, 0.1) is 16.2 Å². The normalized spacial score (nSPS) is 22.7. The van der Waals surface area contributed by atoms with Gasteiger partial charge in [0.15, 0.2) is 0 Å². The Morgan fingerprint density at radius 3 is 3.00 bits per heavy atom. The fraction of sp³-hybridized carbons (Fsp3) is 0.250. The van der Waals surface area contributed by atoms with Gasteiger partial charge < -0.3 is 21.1 Å². The van der Waals surface area contributed by atoms with E-state index >= 15 is 0 Å². The van der Waals surface area contributed by atoms with Gasteiger partial charge in [0, 0.05) is 30.4 Å². The van der Waals surface area contributed by atoms with Crippen molar-refractivity contribution in [3.8, 4) is 0 Å². The molecule has 2 atom stereocenters. The average Bonchev–Trinajstić information content (AvgIpc) is 2.61. The lowest BCUT2D eigenvalue weighted by atomic mass is 9.94. The molecule has 0 spiro atoms. The predicted molar refractivity (Wildman–Crippen MR) is 106 cm³/mol. The van der Waals surface area contributed by atoms with Crippen LogP contribution in [-0.4, -0.2) is 24.3 Å². The molecule has 1 aromatic heterocycles. The Kier molecular flexibility index (Phi) is 4.74. The first-order valence-corrected chi connectivity index (χ1v) is 9.07. The van der Waals surface area contributed by atoms with Crippen LogP contribution in [0, 0.1) is 5.82 Å². The number of hydrogen-bond acceptors (Lipinski definition) is 5. The number of anilines is 2. The summed E-state index contributed by atoms with van der Waals surface area (Å²) >= 11 is 5.98. The van der Waals surface area contributed by atoms with Gasteiger partial charge in [-0.3, -0.25) is 4.98 Å². The minimum absolute atomic E-state index is 0.358. The van der Waals surface area contributed by atoms with Crippen molar-refractivity contribution in [2.24, 2.45) is 5.73 Å². The van der Waals surface area contributed by atoms with Crippen LogP contribution in [0.5, 0.6) is 0 Å². The zero-order valence-corrected chi connectivity index (χ0v) is 15.6. The van der Waals surface area contributed by atoms with Gasteiger partial charge in [-0.25, -0.2) is 4.39 Å². The van der Waals surface area contributed by atoms with Gasteiger partial charge in [-0.1, -0.05) is 23.7 Å². The largest absolute Gasteiger partial charge is 0.354 e. The summed E-state index contributed by atoms with van der Waals surface area (Å²) in [6, 6.07) is 12.3. The van der Waals surface area contributed by atoms with Gasteiger partial charge in [0.25, 0.3) is 0 Å². The van der Waals surface area contributed by atoms with Gasteiger partial charge in [0.1, 0.15) is 17.6 Å². The highest BCUT2D eigenvalue weighted by molar-refractivity contribution is 6.31. The van der Waals surface area contributed by atoms with Crippen molar-refractivity contribution in [2.75, 3.05) is 18.4 Å². The SMILES string of the molecule is CC1(c2cccc(Nc3cc(F)cc4cc(Cl)cnc34)c2)CNCC(N)O1. The maximum absolute atomic E-state index is 14.1. The van der Waals surface area contributed by atoms with Crippen molar-refractivity contribution < 1.29 is 9.13 Å². The van der Waals surface area contributed by atoms with E-state index in [4.69, 9.17) is 22.1 Å². The monoisotopic (exact) mass is 386 g/mol. The summed E-state index contributed by atoms with van der Waals surface area (Å²) in [6.07, 6.45) is 1.19. The molecule has 140 valence electrons. The minimum Gasteiger partial charge on any atom is -0.354 e.